The molecule has 1 aromatic carbocycles. The third kappa shape index (κ3) is 3.51. The summed E-state index contributed by atoms with van der Waals surface area (Å²) in [6, 6.07) is 5.25. The number of anilines is 1. The first kappa shape index (κ1) is 15.3. The molecule has 0 saturated carbocycles. The van der Waals surface area contributed by atoms with Crippen LogP contribution in [0.2, 0.25) is 0 Å². The average Bonchev–Trinajstić information content (AvgIpc) is 2.45. The molecule has 0 radical (unpaired) electrons. The molecule has 1 aliphatic heterocycles. The molecule has 2 rings (SSSR count). The van der Waals surface area contributed by atoms with E-state index in [0.717, 1.165) is 31.5 Å². The molecule has 1 heterocycles. The smallest absolute Gasteiger partial charge is 0.303 e. The van der Waals surface area contributed by atoms with Gasteiger partial charge in [0.05, 0.1) is 10.5 Å². The zero-order valence-corrected chi connectivity index (χ0v) is 12.1. The minimum Gasteiger partial charge on any atom is -0.481 e. The predicted molar refractivity (Wildman–Crippen MR) is 79.7 cm³/mol. The number of carboxylic acid groups (broad SMARTS) is 1. The normalized spacial score (nSPS) is 18.5. The van der Waals surface area contributed by atoms with E-state index >= 15 is 0 Å². The second kappa shape index (κ2) is 6.56. The van der Waals surface area contributed by atoms with E-state index in [2.05, 4.69) is 4.90 Å². The lowest BCUT2D eigenvalue weighted by molar-refractivity contribution is -0.385. The number of nitrogens with zero attached hydrogens (tertiary/aromatic N) is 2. The average molecular weight is 292 g/mol. The SMILES string of the molecule is Cc1c(N2CCCCC2CCC(=O)O)cccc1[N+](=O)[O-]. The van der Waals surface area contributed by atoms with Crippen molar-refractivity contribution in [2.45, 2.75) is 45.1 Å². The number of carboxylic acids is 1. The van der Waals surface area contributed by atoms with Crippen LogP contribution in [0.1, 0.15) is 37.7 Å². The van der Waals surface area contributed by atoms with Gasteiger partial charge >= 0.3 is 5.97 Å². The van der Waals surface area contributed by atoms with Crippen molar-refractivity contribution in [3.8, 4) is 0 Å². The summed E-state index contributed by atoms with van der Waals surface area (Å²) in [6.45, 7) is 2.59. The van der Waals surface area contributed by atoms with E-state index in [1.807, 2.05) is 6.07 Å². The molecule has 0 aliphatic carbocycles. The maximum absolute atomic E-state index is 11.1. The molecular weight excluding hydrogens is 272 g/mol. The molecule has 1 fully saturated rings. The van der Waals surface area contributed by atoms with Crippen molar-refractivity contribution in [3.63, 3.8) is 0 Å². The van der Waals surface area contributed by atoms with Gasteiger partial charge in [0.1, 0.15) is 0 Å². The van der Waals surface area contributed by atoms with Gasteiger partial charge in [0.25, 0.3) is 5.69 Å². The number of aliphatic carboxylic acids is 1. The summed E-state index contributed by atoms with van der Waals surface area (Å²) in [5.74, 6) is -0.795. The van der Waals surface area contributed by atoms with Crippen LogP contribution >= 0.6 is 0 Å². The van der Waals surface area contributed by atoms with E-state index in [1.165, 1.54) is 6.07 Å². The van der Waals surface area contributed by atoms with Crippen LogP contribution < -0.4 is 4.90 Å². The second-order valence-electron chi connectivity index (χ2n) is 5.45. The lowest BCUT2D eigenvalue weighted by Gasteiger charge is -2.38. The Balaban J connectivity index is 2.27. The van der Waals surface area contributed by atoms with E-state index in [4.69, 9.17) is 5.11 Å². The van der Waals surface area contributed by atoms with Crippen LogP contribution in [0.25, 0.3) is 0 Å². The van der Waals surface area contributed by atoms with Crippen LogP contribution in [0.3, 0.4) is 0 Å². The van der Waals surface area contributed by atoms with Gasteiger partial charge in [-0.1, -0.05) is 6.07 Å². The lowest BCUT2D eigenvalue weighted by Crippen LogP contribution is -2.40. The third-order valence-corrected chi connectivity index (χ3v) is 4.10. The molecule has 6 heteroatoms. The predicted octanol–water partition coefficient (Wildman–Crippen LogP) is 3.13. The van der Waals surface area contributed by atoms with Gasteiger partial charge in [-0.2, -0.15) is 0 Å². The zero-order valence-electron chi connectivity index (χ0n) is 12.1. The Morgan fingerprint density at radius 1 is 1.48 bits per heavy atom. The lowest BCUT2D eigenvalue weighted by atomic mass is 9.96. The fourth-order valence-electron chi connectivity index (χ4n) is 3.03. The van der Waals surface area contributed by atoms with Gasteiger partial charge in [0.2, 0.25) is 0 Å². The number of hydrogen-bond acceptors (Lipinski definition) is 4. The van der Waals surface area contributed by atoms with Crippen molar-refractivity contribution >= 4 is 17.3 Å². The third-order valence-electron chi connectivity index (χ3n) is 4.10. The number of nitro groups is 1. The fraction of sp³-hybridized carbons (Fsp3) is 0.533. The van der Waals surface area contributed by atoms with Crippen LogP contribution in [0.4, 0.5) is 11.4 Å². The Morgan fingerprint density at radius 3 is 2.90 bits per heavy atom. The molecule has 1 unspecified atom stereocenters. The molecule has 1 saturated heterocycles. The van der Waals surface area contributed by atoms with Gasteiger partial charge < -0.3 is 10.0 Å². The topological polar surface area (TPSA) is 83.7 Å². The molecule has 1 aliphatic rings. The van der Waals surface area contributed by atoms with Crippen molar-refractivity contribution in [2.24, 2.45) is 0 Å². The molecule has 0 bridgehead atoms. The summed E-state index contributed by atoms with van der Waals surface area (Å²) in [5.41, 5.74) is 1.64. The van der Waals surface area contributed by atoms with Crippen LogP contribution in [-0.4, -0.2) is 28.6 Å². The van der Waals surface area contributed by atoms with E-state index < -0.39 is 5.97 Å². The Bertz CT molecular complexity index is 544. The zero-order chi connectivity index (χ0) is 15.4. The monoisotopic (exact) mass is 292 g/mol. The van der Waals surface area contributed by atoms with Crippen molar-refractivity contribution in [2.75, 3.05) is 11.4 Å². The fourth-order valence-corrected chi connectivity index (χ4v) is 3.03. The van der Waals surface area contributed by atoms with Gasteiger partial charge in [-0.25, -0.2) is 0 Å². The molecule has 0 aromatic heterocycles. The van der Waals surface area contributed by atoms with Crippen molar-refractivity contribution in [1.82, 2.24) is 0 Å². The first-order chi connectivity index (χ1) is 10.0. The Morgan fingerprint density at radius 2 is 2.24 bits per heavy atom. The van der Waals surface area contributed by atoms with Crippen molar-refractivity contribution < 1.29 is 14.8 Å². The summed E-state index contributed by atoms with van der Waals surface area (Å²) in [4.78, 5) is 23.6. The molecule has 1 aromatic rings. The minimum absolute atomic E-state index is 0.120. The minimum atomic E-state index is -0.795. The van der Waals surface area contributed by atoms with E-state index in [1.54, 1.807) is 13.0 Å². The van der Waals surface area contributed by atoms with Crippen molar-refractivity contribution in [3.05, 3.63) is 33.9 Å². The molecule has 0 spiro atoms. The molecule has 6 nitrogen and oxygen atoms in total. The Hall–Kier alpha value is -2.11. The first-order valence-corrected chi connectivity index (χ1v) is 7.23. The Kier molecular flexibility index (Phi) is 4.77. The van der Waals surface area contributed by atoms with Gasteiger partial charge in [-0.3, -0.25) is 14.9 Å². The number of rotatable bonds is 5. The highest BCUT2D eigenvalue weighted by atomic mass is 16.6. The Labute approximate surface area is 123 Å². The second-order valence-corrected chi connectivity index (χ2v) is 5.45. The van der Waals surface area contributed by atoms with Gasteiger partial charge in [-0.05, 0) is 38.7 Å². The van der Waals surface area contributed by atoms with Crippen LogP contribution in [-0.2, 0) is 4.79 Å². The number of benzene rings is 1. The highest BCUT2D eigenvalue weighted by Crippen LogP contribution is 2.33. The molecule has 0 amide bonds. The maximum Gasteiger partial charge on any atom is 0.303 e. The van der Waals surface area contributed by atoms with Crippen molar-refractivity contribution in [1.29, 1.82) is 0 Å². The summed E-state index contributed by atoms with van der Waals surface area (Å²) in [7, 11) is 0. The largest absolute Gasteiger partial charge is 0.481 e. The van der Waals surface area contributed by atoms with E-state index in [-0.39, 0.29) is 23.1 Å². The standard InChI is InChI=1S/C15H20N2O4/c1-11-13(6-4-7-14(11)17(20)21)16-10-3-2-5-12(16)8-9-15(18)19/h4,6-7,12H,2-3,5,8-10H2,1H3,(H,18,19). The summed E-state index contributed by atoms with van der Waals surface area (Å²) < 4.78 is 0. The van der Waals surface area contributed by atoms with Gasteiger partial charge in [0.15, 0.2) is 0 Å². The highest BCUT2D eigenvalue weighted by molar-refractivity contribution is 5.67. The number of nitro benzene ring substituents is 1. The van der Waals surface area contributed by atoms with Crippen LogP contribution in [0, 0.1) is 17.0 Å². The van der Waals surface area contributed by atoms with Crippen LogP contribution in [0.5, 0.6) is 0 Å². The van der Waals surface area contributed by atoms with Crippen LogP contribution in [0.15, 0.2) is 18.2 Å². The molecule has 1 N–H and O–H groups in total. The first-order valence-electron chi connectivity index (χ1n) is 7.23. The highest BCUT2D eigenvalue weighted by Gasteiger charge is 2.26. The summed E-state index contributed by atoms with van der Waals surface area (Å²) >= 11 is 0. The molecule has 21 heavy (non-hydrogen) atoms. The summed E-state index contributed by atoms with van der Waals surface area (Å²) in [5, 5.41) is 19.9. The number of hydrogen-bond donors (Lipinski definition) is 1. The van der Waals surface area contributed by atoms with Gasteiger partial charge in [0, 0.05) is 30.8 Å². The maximum atomic E-state index is 11.1. The number of piperidine rings is 1. The molecule has 114 valence electrons. The molecular formula is C15H20N2O4. The number of carbonyl (C=O) groups is 1. The quantitative estimate of drug-likeness (QED) is 0.666. The van der Waals surface area contributed by atoms with E-state index in [0.29, 0.717) is 12.0 Å². The van der Waals surface area contributed by atoms with Gasteiger partial charge in [-0.15, -0.1) is 0 Å². The summed E-state index contributed by atoms with van der Waals surface area (Å²) in [6.07, 6.45) is 3.77. The van der Waals surface area contributed by atoms with E-state index in [9.17, 15) is 14.9 Å². The molecule has 1 atom stereocenters.